The molecule has 26 heavy (non-hydrogen) atoms. The van der Waals surface area contributed by atoms with Crippen molar-refractivity contribution in [1.82, 2.24) is 20.1 Å². The van der Waals surface area contributed by atoms with Gasteiger partial charge in [-0.05, 0) is 36.4 Å². The fraction of sp³-hybridized carbons (Fsp3) is 0. The molecule has 3 aromatic rings. The zero-order chi connectivity index (χ0) is 18.3. The first-order valence-electron chi connectivity index (χ1n) is 7.43. The highest BCUT2D eigenvalue weighted by Crippen LogP contribution is 2.23. The number of hydrogen-bond acceptors (Lipinski definition) is 6. The van der Waals surface area contributed by atoms with Gasteiger partial charge in [-0.1, -0.05) is 34.0 Å². The van der Waals surface area contributed by atoms with Gasteiger partial charge in [-0.3, -0.25) is 9.59 Å². The zero-order valence-corrected chi connectivity index (χ0v) is 13.8. The van der Waals surface area contributed by atoms with Gasteiger partial charge in [-0.2, -0.15) is 0 Å². The van der Waals surface area contributed by atoms with E-state index in [1.54, 1.807) is 36.4 Å². The van der Waals surface area contributed by atoms with E-state index in [1.165, 1.54) is 23.0 Å². The summed E-state index contributed by atoms with van der Waals surface area (Å²) in [5, 5.41) is 8.52. The number of rotatable bonds is 3. The van der Waals surface area contributed by atoms with Crippen molar-refractivity contribution in [3.8, 4) is 5.69 Å². The third-order valence-corrected chi connectivity index (χ3v) is 3.98. The van der Waals surface area contributed by atoms with Crippen LogP contribution in [0.25, 0.3) is 5.69 Å². The molecule has 2 heterocycles. The Morgan fingerprint density at radius 3 is 2.19 bits per heavy atom. The lowest BCUT2D eigenvalue weighted by Crippen LogP contribution is -2.32. The molecule has 2 aromatic carbocycles. The molecule has 0 aliphatic carbocycles. The number of benzene rings is 2. The Labute approximate surface area is 151 Å². The van der Waals surface area contributed by atoms with E-state index in [0.29, 0.717) is 15.8 Å². The van der Waals surface area contributed by atoms with Crippen molar-refractivity contribution in [3.05, 3.63) is 76.6 Å². The van der Waals surface area contributed by atoms with Gasteiger partial charge >= 0.3 is 5.97 Å². The van der Waals surface area contributed by atoms with Crippen LogP contribution in [0, 0.1) is 0 Å². The number of fused-ring (bicyclic) bond motifs is 1. The van der Waals surface area contributed by atoms with Crippen molar-refractivity contribution in [2.75, 3.05) is 0 Å². The first-order chi connectivity index (χ1) is 12.5. The molecule has 2 amide bonds. The van der Waals surface area contributed by atoms with Crippen molar-refractivity contribution in [3.63, 3.8) is 0 Å². The second kappa shape index (κ2) is 6.08. The molecule has 0 bridgehead atoms. The van der Waals surface area contributed by atoms with Gasteiger partial charge in [0.05, 0.1) is 23.0 Å². The number of carbonyl (C=O) groups excluding carboxylic acids is 3. The van der Waals surface area contributed by atoms with Crippen molar-refractivity contribution in [2.45, 2.75) is 0 Å². The highest BCUT2D eigenvalue weighted by atomic mass is 35.5. The Hall–Kier alpha value is -3.52. The quantitative estimate of drug-likeness (QED) is 0.658. The van der Waals surface area contributed by atoms with E-state index in [-0.39, 0.29) is 16.8 Å². The molecule has 0 atom stereocenters. The molecular weight excluding hydrogens is 360 g/mol. The van der Waals surface area contributed by atoms with Gasteiger partial charge in [0.15, 0.2) is 5.69 Å². The molecule has 1 aromatic heterocycles. The Balaban J connectivity index is 1.54. The van der Waals surface area contributed by atoms with E-state index in [2.05, 4.69) is 10.3 Å². The second-order valence-corrected chi connectivity index (χ2v) is 5.79. The maximum absolute atomic E-state index is 12.2. The van der Waals surface area contributed by atoms with E-state index >= 15 is 0 Å². The Kier molecular flexibility index (Phi) is 3.74. The minimum atomic E-state index is -0.972. The summed E-state index contributed by atoms with van der Waals surface area (Å²) in [6.07, 6.45) is 1.32. The molecule has 0 N–H and O–H groups in total. The van der Waals surface area contributed by atoms with Crippen LogP contribution in [0.1, 0.15) is 31.2 Å². The Bertz CT molecular complexity index is 1010. The van der Waals surface area contributed by atoms with Crippen LogP contribution in [0.3, 0.4) is 0 Å². The summed E-state index contributed by atoms with van der Waals surface area (Å²) in [4.78, 5) is 41.6. The largest absolute Gasteiger partial charge is 0.385 e. The van der Waals surface area contributed by atoms with E-state index < -0.39 is 17.8 Å². The van der Waals surface area contributed by atoms with Crippen LogP contribution in [0.15, 0.2) is 54.7 Å². The molecule has 0 radical (unpaired) electrons. The first kappa shape index (κ1) is 16.0. The lowest BCUT2D eigenvalue weighted by Gasteiger charge is -2.11. The van der Waals surface area contributed by atoms with Gasteiger partial charge in [0, 0.05) is 5.02 Å². The number of hydrogen-bond donors (Lipinski definition) is 0. The molecule has 0 unspecified atom stereocenters. The third kappa shape index (κ3) is 2.62. The van der Waals surface area contributed by atoms with Crippen LogP contribution in [0.4, 0.5) is 0 Å². The van der Waals surface area contributed by atoms with Gasteiger partial charge < -0.3 is 4.84 Å². The summed E-state index contributed by atoms with van der Waals surface area (Å²) in [6, 6.07) is 12.9. The number of imide groups is 1. The van der Waals surface area contributed by atoms with E-state index in [9.17, 15) is 14.4 Å². The van der Waals surface area contributed by atoms with E-state index in [0.717, 1.165) is 0 Å². The van der Waals surface area contributed by atoms with Crippen LogP contribution in [-0.2, 0) is 4.84 Å². The summed E-state index contributed by atoms with van der Waals surface area (Å²) in [7, 11) is 0. The van der Waals surface area contributed by atoms with Crippen molar-refractivity contribution < 1.29 is 19.2 Å². The molecule has 0 saturated heterocycles. The van der Waals surface area contributed by atoms with Gasteiger partial charge in [-0.25, -0.2) is 9.48 Å². The lowest BCUT2D eigenvalue weighted by atomic mass is 10.1. The van der Waals surface area contributed by atoms with Crippen LogP contribution in [0.2, 0.25) is 5.02 Å². The third-order valence-electron chi connectivity index (χ3n) is 3.72. The molecule has 8 nitrogen and oxygen atoms in total. The molecular formula is C17H9ClN4O4. The van der Waals surface area contributed by atoms with Gasteiger partial charge in [0.1, 0.15) is 0 Å². The van der Waals surface area contributed by atoms with Crippen LogP contribution < -0.4 is 0 Å². The minimum Gasteiger partial charge on any atom is -0.322 e. The molecule has 9 heteroatoms. The summed E-state index contributed by atoms with van der Waals surface area (Å²) in [6.45, 7) is 0. The highest BCUT2D eigenvalue weighted by Gasteiger charge is 2.39. The lowest BCUT2D eigenvalue weighted by molar-refractivity contribution is -0.0588. The number of amides is 2. The van der Waals surface area contributed by atoms with Crippen LogP contribution in [0.5, 0.6) is 0 Å². The van der Waals surface area contributed by atoms with Gasteiger partial charge in [0.25, 0.3) is 11.8 Å². The topological polar surface area (TPSA) is 94.4 Å². The Morgan fingerprint density at radius 2 is 1.58 bits per heavy atom. The predicted octanol–water partition coefficient (Wildman–Crippen LogP) is 2.29. The monoisotopic (exact) mass is 368 g/mol. The second-order valence-electron chi connectivity index (χ2n) is 5.35. The van der Waals surface area contributed by atoms with Crippen molar-refractivity contribution >= 4 is 29.4 Å². The van der Waals surface area contributed by atoms with E-state index in [1.807, 2.05) is 0 Å². The summed E-state index contributed by atoms with van der Waals surface area (Å²) in [5.41, 5.74) is 0.823. The number of carbonyl (C=O) groups is 3. The molecule has 0 saturated carbocycles. The number of hydroxylamine groups is 2. The highest BCUT2D eigenvalue weighted by molar-refractivity contribution is 6.30. The molecule has 4 rings (SSSR count). The van der Waals surface area contributed by atoms with Crippen LogP contribution in [-0.4, -0.2) is 37.8 Å². The average Bonchev–Trinajstić information content (AvgIpc) is 3.23. The number of halogens is 1. The minimum absolute atomic E-state index is 0.156. The number of aromatic nitrogens is 3. The fourth-order valence-electron chi connectivity index (χ4n) is 2.46. The van der Waals surface area contributed by atoms with Gasteiger partial charge in [0.2, 0.25) is 0 Å². The predicted molar refractivity (Wildman–Crippen MR) is 88.7 cm³/mol. The first-order valence-corrected chi connectivity index (χ1v) is 7.81. The number of nitrogens with zero attached hydrogens (tertiary/aromatic N) is 4. The summed E-state index contributed by atoms with van der Waals surface area (Å²) in [5.74, 6) is -2.38. The molecule has 0 spiro atoms. The van der Waals surface area contributed by atoms with E-state index in [4.69, 9.17) is 16.4 Å². The molecule has 1 aliphatic rings. The smallest absolute Gasteiger partial charge is 0.322 e. The summed E-state index contributed by atoms with van der Waals surface area (Å²) >= 11 is 5.83. The standard InChI is InChI=1S/C17H9ClN4O4/c18-10-5-7-11(8-6-10)21-9-14(19-20-21)17(25)26-22-15(23)12-3-1-2-4-13(12)16(22)24/h1-9H. The SMILES string of the molecule is O=C(ON1C(=O)c2ccccc2C1=O)c1cn(-c2ccc(Cl)cc2)nn1. The molecule has 1 aliphatic heterocycles. The normalized spacial score (nSPS) is 13.0. The van der Waals surface area contributed by atoms with Gasteiger partial charge in [-0.15, -0.1) is 5.10 Å². The maximum Gasteiger partial charge on any atom is 0.385 e. The molecule has 0 fully saturated rings. The van der Waals surface area contributed by atoms with Crippen molar-refractivity contribution in [2.24, 2.45) is 0 Å². The fourth-order valence-corrected chi connectivity index (χ4v) is 2.58. The molecule has 128 valence electrons. The van der Waals surface area contributed by atoms with Crippen molar-refractivity contribution in [1.29, 1.82) is 0 Å². The zero-order valence-electron chi connectivity index (χ0n) is 13.0. The Morgan fingerprint density at radius 1 is 0.962 bits per heavy atom. The van der Waals surface area contributed by atoms with Crippen LogP contribution >= 0.6 is 11.6 Å². The average molecular weight is 369 g/mol. The summed E-state index contributed by atoms with van der Waals surface area (Å²) < 4.78 is 1.34. The maximum atomic E-state index is 12.2.